The first-order valence-corrected chi connectivity index (χ1v) is 16.7. The second-order valence-corrected chi connectivity index (χ2v) is 14.7. The van der Waals surface area contributed by atoms with Gasteiger partial charge >= 0.3 is 6.09 Å². The first-order chi connectivity index (χ1) is 21.1. The zero-order chi connectivity index (χ0) is 33.0. The molecule has 0 bridgehead atoms. The standard InChI is InChI=1S/C32H46N4O8S/c1-22(2)19-36(45(40,41)25-13-11-24(12-14-25)34-28(38)18-33)20-27(37)26(17-23-9-7-6-8-10-23)35-29(39)44-31(4)21-43-32(5)30(31,3)15-16-42-32/h6-14,22,26-27,37H,15-21,33H2,1-5H3,(H,34,38)(H,35,39)/t26-,27+,30-,31-,32+/m0/s1. The number of nitrogens with two attached hydrogens (primary N) is 1. The first-order valence-electron chi connectivity index (χ1n) is 15.2. The molecular weight excluding hydrogens is 600 g/mol. The lowest BCUT2D eigenvalue weighted by Gasteiger charge is -2.40. The molecule has 45 heavy (non-hydrogen) atoms. The van der Waals surface area contributed by atoms with Gasteiger partial charge in [0.2, 0.25) is 15.9 Å². The van der Waals surface area contributed by atoms with Gasteiger partial charge in [-0.2, -0.15) is 4.31 Å². The minimum Gasteiger partial charge on any atom is -0.440 e. The third-order valence-electron chi connectivity index (χ3n) is 9.08. The number of benzene rings is 2. The van der Waals surface area contributed by atoms with Gasteiger partial charge in [-0.3, -0.25) is 4.79 Å². The van der Waals surface area contributed by atoms with Crippen LogP contribution in [-0.2, 0) is 35.4 Å². The van der Waals surface area contributed by atoms with Crippen LogP contribution in [0.15, 0.2) is 59.5 Å². The molecular formula is C32H46N4O8S. The molecule has 2 fully saturated rings. The monoisotopic (exact) mass is 646 g/mol. The number of amides is 2. The van der Waals surface area contributed by atoms with Crippen LogP contribution >= 0.6 is 0 Å². The normalized spacial score (nSPS) is 26.0. The fourth-order valence-corrected chi connectivity index (χ4v) is 7.60. The smallest absolute Gasteiger partial charge is 0.408 e. The second kappa shape index (κ2) is 13.7. The fraction of sp³-hybridized carbons (Fsp3) is 0.562. The zero-order valence-corrected chi connectivity index (χ0v) is 27.4. The zero-order valence-electron chi connectivity index (χ0n) is 26.6. The van der Waals surface area contributed by atoms with Gasteiger partial charge in [0.25, 0.3) is 0 Å². The molecule has 0 spiro atoms. The molecule has 248 valence electrons. The van der Waals surface area contributed by atoms with Crippen molar-refractivity contribution in [2.75, 3.05) is 38.2 Å². The van der Waals surface area contributed by atoms with E-state index in [1.165, 1.54) is 28.6 Å². The molecule has 5 atom stereocenters. The summed E-state index contributed by atoms with van der Waals surface area (Å²) in [6.07, 6.45) is -1.16. The Hall–Kier alpha value is -3.07. The number of nitrogens with one attached hydrogen (secondary N) is 2. The Morgan fingerprint density at radius 3 is 2.33 bits per heavy atom. The van der Waals surface area contributed by atoms with E-state index in [4.69, 9.17) is 19.9 Å². The molecule has 0 aliphatic carbocycles. The van der Waals surface area contributed by atoms with E-state index < -0.39 is 51.0 Å². The Morgan fingerprint density at radius 1 is 1.04 bits per heavy atom. The molecule has 2 heterocycles. The lowest BCUT2D eigenvalue weighted by molar-refractivity contribution is -0.203. The Kier molecular flexibility index (Phi) is 10.6. The fourth-order valence-electron chi connectivity index (χ4n) is 5.98. The molecule has 4 rings (SSSR count). The van der Waals surface area contributed by atoms with Gasteiger partial charge < -0.3 is 35.7 Å². The van der Waals surface area contributed by atoms with Gasteiger partial charge in [0.1, 0.15) is 5.60 Å². The third-order valence-corrected chi connectivity index (χ3v) is 10.9. The number of carbonyl (C=O) groups is 2. The molecule has 2 aromatic rings. The second-order valence-electron chi connectivity index (χ2n) is 12.8. The number of anilines is 1. The molecule has 2 saturated heterocycles. The van der Waals surface area contributed by atoms with E-state index in [1.807, 2.05) is 65.0 Å². The maximum atomic E-state index is 13.8. The summed E-state index contributed by atoms with van der Waals surface area (Å²) < 4.78 is 46.7. The van der Waals surface area contributed by atoms with Crippen molar-refractivity contribution in [1.29, 1.82) is 0 Å². The van der Waals surface area contributed by atoms with Crippen molar-refractivity contribution in [3.05, 3.63) is 60.2 Å². The number of aliphatic hydroxyl groups is 1. The highest BCUT2D eigenvalue weighted by Crippen LogP contribution is 2.57. The number of aliphatic hydroxyl groups excluding tert-OH is 1. The molecule has 12 nitrogen and oxygen atoms in total. The van der Waals surface area contributed by atoms with E-state index in [1.54, 1.807) is 0 Å². The van der Waals surface area contributed by atoms with Gasteiger partial charge in [-0.25, -0.2) is 13.2 Å². The average Bonchev–Trinajstić information content (AvgIpc) is 3.40. The van der Waals surface area contributed by atoms with E-state index in [2.05, 4.69) is 10.6 Å². The molecule has 2 aliphatic rings. The summed E-state index contributed by atoms with van der Waals surface area (Å²) in [5, 5.41) is 17.0. The van der Waals surface area contributed by atoms with Crippen LogP contribution in [0.1, 0.15) is 46.6 Å². The van der Waals surface area contributed by atoms with Crippen LogP contribution in [0.4, 0.5) is 10.5 Å². The van der Waals surface area contributed by atoms with E-state index in [0.717, 1.165) is 5.56 Å². The van der Waals surface area contributed by atoms with Crippen LogP contribution in [0.3, 0.4) is 0 Å². The summed E-state index contributed by atoms with van der Waals surface area (Å²) >= 11 is 0. The maximum Gasteiger partial charge on any atom is 0.408 e. The van der Waals surface area contributed by atoms with Crippen molar-refractivity contribution in [3.8, 4) is 0 Å². The van der Waals surface area contributed by atoms with Crippen molar-refractivity contribution in [3.63, 3.8) is 0 Å². The number of fused-ring (bicyclic) bond motifs is 1. The van der Waals surface area contributed by atoms with Gasteiger partial charge in [-0.15, -0.1) is 0 Å². The molecule has 2 aromatic carbocycles. The van der Waals surface area contributed by atoms with E-state index in [0.29, 0.717) is 18.7 Å². The number of carbonyl (C=O) groups excluding carboxylic acids is 2. The number of sulfonamides is 1. The largest absolute Gasteiger partial charge is 0.440 e. The summed E-state index contributed by atoms with van der Waals surface area (Å²) in [5.74, 6) is -1.35. The Labute approximate surface area is 265 Å². The van der Waals surface area contributed by atoms with Crippen LogP contribution in [0.5, 0.6) is 0 Å². The highest BCUT2D eigenvalue weighted by atomic mass is 32.2. The number of nitrogens with zero attached hydrogens (tertiary/aromatic N) is 1. The van der Waals surface area contributed by atoms with Crippen LogP contribution in [0.25, 0.3) is 0 Å². The molecule has 0 saturated carbocycles. The molecule has 0 unspecified atom stereocenters. The van der Waals surface area contributed by atoms with Crippen LogP contribution in [-0.4, -0.2) is 86.2 Å². The van der Waals surface area contributed by atoms with Gasteiger partial charge in [-0.05, 0) is 62.4 Å². The molecule has 2 aliphatic heterocycles. The highest BCUT2D eigenvalue weighted by Gasteiger charge is 2.68. The Bertz CT molecular complexity index is 1440. The summed E-state index contributed by atoms with van der Waals surface area (Å²) in [6.45, 7) is 9.67. The molecule has 0 aromatic heterocycles. The molecule has 2 amide bonds. The van der Waals surface area contributed by atoms with Crippen LogP contribution in [0, 0.1) is 11.3 Å². The predicted molar refractivity (Wildman–Crippen MR) is 169 cm³/mol. The molecule has 0 radical (unpaired) electrons. The van der Waals surface area contributed by atoms with Gasteiger partial charge in [0.05, 0.1) is 42.2 Å². The maximum absolute atomic E-state index is 13.8. The van der Waals surface area contributed by atoms with E-state index in [9.17, 15) is 23.1 Å². The SMILES string of the molecule is CC(C)CN(C[C@@H](O)[C@H](Cc1ccccc1)NC(=O)O[C@@]1(C)CO[C@@]2(C)OCC[C@]21C)S(=O)(=O)c1ccc(NC(=O)CN)cc1. The van der Waals surface area contributed by atoms with Gasteiger partial charge in [-0.1, -0.05) is 51.1 Å². The third kappa shape index (κ3) is 7.50. The van der Waals surface area contributed by atoms with Gasteiger partial charge in [0, 0.05) is 18.8 Å². The summed E-state index contributed by atoms with van der Waals surface area (Å²) in [4.78, 5) is 25.1. The first kappa shape index (κ1) is 34.8. The predicted octanol–water partition coefficient (Wildman–Crippen LogP) is 2.86. The summed E-state index contributed by atoms with van der Waals surface area (Å²) in [7, 11) is -4.07. The number of hydrogen-bond donors (Lipinski definition) is 4. The number of rotatable bonds is 13. The van der Waals surface area contributed by atoms with E-state index >= 15 is 0 Å². The van der Waals surface area contributed by atoms with Crippen molar-refractivity contribution in [1.82, 2.24) is 9.62 Å². The van der Waals surface area contributed by atoms with Gasteiger partial charge in [0.15, 0.2) is 5.79 Å². The van der Waals surface area contributed by atoms with Crippen LogP contribution in [0.2, 0.25) is 0 Å². The number of hydrogen-bond acceptors (Lipinski definition) is 9. The Balaban J connectivity index is 1.55. The lowest BCUT2D eigenvalue weighted by atomic mass is 9.70. The van der Waals surface area contributed by atoms with Crippen molar-refractivity contribution < 1.29 is 37.3 Å². The minimum absolute atomic E-state index is 0.00249. The number of alkyl carbamates (subject to hydrolysis) is 1. The highest BCUT2D eigenvalue weighted by molar-refractivity contribution is 7.89. The van der Waals surface area contributed by atoms with Crippen LogP contribution < -0.4 is 16.4 Å². The topological polar surface area (TPSA) is 170 Å². The number of ether oxygens (including phenoxy) is 3. The quantitative estimate of drug-likeness (QED) is 0.256. The molecule has 5 N–H and O–H groups in total. The molecule has 13 heteroatoms. The Morgan fingerprint density at radius 2 is 1.71 bits per heavy atom. The average molecular weight is 647 g/mol. The van der Waals surface area contributed by atoms with Crippen molar-refractivity contribution >= 4 is 27.7 Å². The van der Waals surface area contributed by atoms with Crippen molar-refractivity contribution in [2.24, 2.45) is 17.1 Å². The lowest BCUT2D eigenvalue weighted by Crippen LogP contribution is -2.55. The van der Waals surface area contributed by atoms with E-state index in [-0.39, 0.29) is 43.5 Å². The van der Waals surface area contributed by atoms with Crippen molar-refractivity contribution in [2.45, 2.75) is 75.9 Å². The summed E-state index contributed by atoms with van der Waals surface area (Å²) in [6, 6.07) is 14.2. The summed E-state index contributed by atoms with van der Waals surface area (Å²) in [5.41, 5.74) is 5.02. The minimum atomic E-state index is -4.07.